The fourth-order valence-corrected chi connectivity index (χ4v) is 10.2. The minimum atomic E-state index is -0.600. The summed E-state index contributed by atoms with van der Waals surface area (Å²) in [5.41, 5.74) is 11.6. The van der Waals surface area contributed by atoms with Crippen LogP contribution < -0.4 is 9.64 Å². The van der Waals surface area contributed by atoms with Crippen LogP contribution in [0.2, 0.25) is 0 Å². The summed E-state index contributed by atoms with van der Waals surface area (Å²) >= 11 is 0. The van der Waals surface area contributed by atoms with Crippen molar-refractivity contribution >= 4 is 71.3 Å². The van der Waals surface area contributed by atoms with Crippen molar-refractivity contribution in [1.82, 2.24) is 0 Å². The first-order valence-electron chi connectivity index (χ1n) is 19.9. The molecule has 2 heterocycles. The molecule has 0 saturated heterocycles. The van der Waals surface area contributed by atoms with Crippen LogP contribution in [0, 0.1) is 0 Å². The first-order chi connectivity index (χ1) is 28.7. The molecule has 0 saturated carbocycles. The Morgan fingerprint density at radius 1 is 0.362 bits per heavy atom. The van der Waals surface area contributed by atoms with Crippen LogP contribution in [0.3, 0.4) is 0 Å². The zero-order valence-corrected chi connectivity index (χ0v) is 31.3. The van der Waals surface area contributed by atoms with Crippen molar-refractivity contribution < 1.29 is 9.15 Å². The minimum Gasteiger partial charge on any atom is -0.457 e. The van der Waals surface area contributed by atoms with Gasteiger partial charge in [0.15, 0.2) is 0 Å². The fourth-order valence-electron chi connectivity index (χ4n) is 10.2. The molecule has 11 aromatic rings. The predicted octanol–water partition coefficient (Wildman–Crippen LogP) is 15.0. The topological polar surface area (TPSA) is 25.6 Å². The maximum absolute atomic E-state index is 6.69. The summed E-state index contributed by atoms with van der Waals surface area (Å²) in [6, 6.07) is 72.6. The predicted molar refractivity (Wildman–Crippen MR) is 238 cm³/mol. The molecule has 270 valence electrons. The van der Waals surface area contributed by atoms with Gasteiger partial charge in [0.05, 0.1) is 11.1 Å². The smallest absolute Gasteiger partial charge is 0.137 e. The van der Waals surface area contributed by atoms with Crippen LogP contribution in [-0.4, -0.2) is 0 Å². The van der Waals surface area contributed by atoms with E-state index in [1.165, 1.54) is 54.6 Å². The maximum atomic E-state index is 6.69. The molecule has 1 aliphatic heterocycles. The van der Waals surface area contributed by atoms with Crippen molar-refractivity contribution in [2.45, 2.75) is 5.41 Å². The third-order valence-corrected chi connectivity index (χ3v) is 12.7. The summed E-state index contributed by atoms with van der Waals surface area (Å²) in [4.78, 5) is 2.41. The van der Waals surface area contributed by atoms with Crippen LogP contribution in [0.15, 0.2) is 205 Å². The summed E-state index contributed by atoms with van der Waals surface area (Å²) in [6.45, 7) is 0. The third-order valence-electron chi connectivity index (χ3n) is 12.7. The highest BCUT2D eigenvalue weighted by molar-refractivity contribution is 6.14. The van der Waals surface area contributed by atoms with Gasteiger partial charge in [-0.05, 0) is 104 Å². The summed E-state index contributed by atoms with van der Waals surface area (Å²) in [5.74, 6) is 1.77. The Hall–Kier alpha value is -7.62. The van der Waals surface area contributed by atoms with E-state index in [1.54, 1.807) is 0 Å². The van der Waals surface area contributed by atoms with Crippen LogP contribution >= 0.6 is 0 Å². The van der Waals surface area contributed by atoms with Crippen LogP contribution in [0.5, 0.6) is 11.5 Å². The zero-order chi connectivity index (χ0) is 38.0. The molecular formula is C55H33NO2. The number of ether oxygens (including phenoxy) is 1. The van der Waals surface area contributed by atoms with Crippen LogP contribution in [0.25, 0.3) is 65.4 Å². The van der Waals surface area contributed by atoms with Crippen molar-refractivity contribution in [2.75, 3.05) is 4.90 Å². The molecule has 0 N–H and O–H groups in total. The summed E-state index contributed by atoms with van der Waals surface area (Å²) < 4.78 is 13.4. The van der Waals surface area contributed by atoms with Gasteiger partial charge in [0, 0.05) is 44.7 Å². The highest BCUT2D eigenvalue weighted by atomic mass is 16.5. The van der Waals surface area contributed by atoms with E-state index < -0.39 is 5.41 Å². The van der Waals surface area contributed by atoms with Gasteiger partial charge in [-0.1, -0.05) is 140 Å². The summed E-state index contributed by atoms with van der Waals surface area (Å²) in [6.07, 6.45) is 0. The first-order valence-corrected chi connectivity index (χ1v) is 19.9. The monoisotopic (exact) mass is 739 g/mol. The standard InChI is InChI=1S/C55H33NO2/c1-2-13-35-30-38(25-24-34(35)12-1)56(39-26-27-41-44-31-36-14-3-4-15-37(36)32-52(44)58-53(41)33-39)49-29-28-42-40-16-5-6-18-45(40)55(48-21-11-17-43(49)54(42)48)46-19-7-9-22-50(46)57-51-23-10-8-20-47(51)55/h1-33H. The Labute approximate surface area is 334 Å². The molecule has 3 heteroatoms. The Kier molecular flexibility index (Phi) is 6.37. The van der Waals surface area contributed by atoms with Gasteiger partial charge in [-0.25, -0.2) is 0 Å². The second kappa shape index (κ2) is 11.7. The largest absolute Gasteiger partial charge is 0.457 e. The van der Waals surface area contributed by atoms with Gasteiger partial charge in [0.2, 0.25) is 0 Å². The molecule has 58 heavy (non-hydrogen) atoms. The summed E-state index contributed by atoms with van der Waals surface area (Å²) in [7, 11) is 0. The van der Waals surface area contributed by atoms with E-state index in [0.29, 0.717) is 0 Å². The Morgan fingerprint density at radius 3 is 1.76 bits per heavy atom. The van der Waals surface area contributed by atoms with Gasteiger partial charge in [0.1, 0.15) is 22.7 Å². The van der Waals surface area contributed by atoms with E-state index in [0.717, 1.165) is 61.6 Å². The van der Waals surface area contributed by atoms with Gasteiger partial charge >= 0.3 is 0 Å². The first kappa shape index (κ1) is 31.6. The molecule has 0 fully saturated rings. The molecule has 0 unspecified atom stereocenters. The molecule has 1 aliphatic carbocycles. The highest BCUT2D eigenvalue weighted by Crippen LogP contribution is 2.62. The van der Waals surface area contributed by atoms with Crippen LogP contribution in [0.1, 0.15) is 22.3 Å². The number of rotatable bonds is 3. The lowest BCUT2D eigenvalue weighted by Gasteiger charge is -2.45. The SMILES string of the molecule is c1ccc2c(c1)Oc1ccccc1C21c2ccccc2-c2ccc(N(c3ccc4ccccc4c3)c3ccc4c(c3)oc3cc5ccccc5cc34)c3cccc1c23. The van der Waals surface area contributed by atoms with E-state index in [4.69, 9.17) is 9.15 Å². The van der Waals surface area contributed by atoms with Gasteiger partial charge in [-0.3, -0.25) is 0 Å². The van der Waals surface area contributed by atoms with Crippen molar-refractivity contribution in [2.24, 2.45) is 0 Å². The van der Waals surface area contributed by atoms with Crippen molar-refractivity contribution in [1.29, 1.82) is 0 Å². The quantitative estimate of drug-likeness (QED) is 0.180. The Bertz CT molecular complexity index is 3480. The van der Waals surface area contributed by atoms with E-state index >= 15 is 0 Å². The number of nitrogens with zero attached hydrogens (tertiary/aromatic N) is 1. The number of hydrogen-bond acceptors (Lipinski definition) is 3. The average molecular weight is 740 g/mol. The lowest BCUT2D eigenvalue weighted by molar-refractivity contribution is 0.435. The molecule has 1 aromatic heterocycles. The number of fused-ring (bicyclic) bond motifs is 13. The minimum absolute atomic E-state index is 0.600. The van der Waals surface area contributed by atoms with E-state index in [9.17, 15) is 0 Å². The Morgan fingerprint density at radius 2 is 0.966 bits per heavy atom. The van der Waals surface area contributed by atoms with Crippen molar-refractivity contribution in [3.63, 3.8) is 0 Å². The molecule has 1 spiro atoms. The van der Waals surface area contributed by atoms with Gasteiger partial charge in [0.25, 0.3) is 0 Å². The van der Waals surface area contributed by atoms with Gasteiger partial charge in [-0.2, -0.15) is 0 Å². The molecule has 0 bridgehead atoms. The second-order valence-corrected chi connectivity index (χ2v) is 15.6. The number of benzene rings is 10. The molecular weight excluding hydrogens is 707 g/mol. The number of anilines is 3. The van der Waals surface area contributed by atoms with Gasteiger partial charge in [-0.15, -0.1) is 0 Å². The molecule has 0 radical (unpaired) electrons. The molecule has 0 atom stereocenters. The number of para-hydroxylation sites is 2. The fraction of sp³-hybridized carbons (Fsp3) is 0.0182. The number of hydrogen-bond donors (Lipinski definition) is 0. The van der Waals surface area contributed by atoms with Crippen molar-refractivity contribution in [3.8, 4) is 22.6 Å². The van der Waals surface area contributed by atoms with Gasteiger partial charge < -0.3 is 14.1 Å². The molecule has 10 aromatic carbocycles. The molecule has 13 rings (SSSR count). The molecule has 0 amide bonds. The van der Waals surface area contributed by atoms with E-state index in [2.05, 4.69) is 205 Å². The highest BCUT2D eigenvalue weighted by Gasteiger charge is 2.49. The average Bonchev–Trinajstić information content (AvgIpc) is 3.64. The second-order valence-electron chi connectivity index (χ2n) is 15.6. The number of furan rings is 1. The van der Waals surface area contributed by atoms with Crippen LogP contribution in [0.4, 0.5) is 17.1 Å². The maximum Gasteiger partial charge on any atom is 0.137 e. The van der Waals surface area contributed by atoms with Crippen molar-refractivity contribution in [3.05, 3.63) is 222 Å². The van der Waals surface area contributed by atoms with E-state index in [1.807, 2.05) is 0 Å². The normalized spacial score (nSPS) is 13.4. The summed E-state index contributed by atoms with van der Waals surface area (Å²) in [5, 5.41) is 9.42. The Balaban J connectivity index is 1.11. The third kappa shape index (κ3) is 4.22. The lowest BCUT2D eigenvalue weighted by atomic mass is 9.58. The molecule has 3 nitrogen and oxygen atoms in total. The lowest BCUT2D eigenvalue weighted by Crippen LogP contribution is -2.36. The zero-order valence-electron chi connectivity index (χ0n) is 31.3. The van der Waals surface area contributed by atoms with Crippen LogP contribution in [-0.2, 0) is 5.41 Å². The van der Waals surface area contributed by atoms with E-state index in [-0.39, 0.29) is 0 Å². The molecule has 2 aliphatic rings.